The Bertz CT molecular complexity index is 922. The van der Waals surface area contributed by atoms with Crippen LogP contribution in [0.25, 0.3) is 10.2 Å². The first-order valence-electron chi connectivity index (χ1n) is 9.09. The number of aliphatic hydroxyl groups excluding tert-OH is 1. The summed E-state index contributed by atoms with van der Waals surface area (Å²) in [5, 5.41) is 18.8. The van der Waals surface area contributed by atoms with E-state index in [1.54, 1.807) is 11.3 Å². The third-order valence-corrected chi connectivity index (χ3v) is 5.39. The second-order valence-corrected chi connectivity index (χ2v) is 7.03. The highest BCUT2D eigenvalue weighted by molar-refractivity contribution is 7.21. The number of hydrogen-bond acceptors (Lipinski definition) is 6. The standard InChI is InChI=1S/C20H25N4O2S/c1-4-24(12-13-25)16-8-6-15(7-9-16)21-22-20-23(3)18-11-10-17(26-5-2)14-19(18)27-20/h6-11,14,25H,4-5,12-13H2,1-3H3/q+1. The number of fused-ring (bicyclic) bond motifs is 1. The molecule has 0 bridgehead atoms. The Balaban J connectivity index is 1.80. The molecule has 0 unspecified atom stereocenters. The monoisotopic (exact) mass is 385 g/mol. The average molecular weight is 386 g/mol. The second-order valence-electron chi connectivity index (χ2n) is 6.03. The molecule has 0 aliphatic rings. The van der Waals surface area contributed by atoms with Crippen LogP contribution in [-0.4, -0.2) is 31.4 Å². The molecule has 142 valence electrons. The minimum absolute atomic E-state index is 0.142. The van der Waals surface area contributed by atoms with Gasteiger partial charge in [0.2, 0.25) is 0 Å². The number of benzene rings is 2. The van der Waals surface area contributed by atoms with Gasteiger partial charge in [-0.2, -0.15) is 0 Å². The average Bonchev–Trinajstić information content (AvgIpc) is 3.00. The lowest BCUT2D eigenvalue weighted by Crippen LogP contribution is -2.25. The number of rotatable bonds is 8. The Morgan fingerprint density at radius 2 is 1.89 bits per heavy atom. The van der Waals surface area contributed by atoms with Crippen molar-refractivity contribution in [3.63, 3.8) is 0 Å². The van der Waals surface area contributed by atoms with E-state index in [1.807, 2.05) is 61.0 Å². The van der Waals surface area contributed by atoms with Gasteiger partial charge >= 0.3 is 5.13 Å². The molecular formula is C20H25N4O2S+. The van der Waals surface area contributed by atoms with E-state index in [0.717, 1.165) is 39.0 Å². The molecule has 0 saturated heterocycles. The minimum atomic E-state index is 0.142. The molecule has 0 atom stereocenters. The fraction of sp³-hybridized carbons (Fsp3) is 0.350. The number of likely N-dealkylation sites (N-methyl/N-ethyl adjacent to an activating group) is 1. The first-order valence-corrected chi connectivity index (χ1v) is 9.91. The number of aromatic nitrogens is 1. The molecule has 0 fully saturated rings. The van der Waals surface area contributed by atoms with Gasteiger partial charge in [-0.15, -0.1) is 0 Å². The number of anilines is 1. The van der Waals surface area contributed by atoms with Crippen molar-refractivity contribution >= 4 is 38.1 Å². The summed E-state index contributed by atoms with van der Waals surface area (Å²) in [7, 11) is 1.99. The summed E-state index contributed by atoms with van der Waals surface area (Å²) in [5.74, 6) is 0.870. The Hall–Kier alpha value is -2.51. The molecule has 2 aromatic carbocycles. The van der Waals surface area contributed by atoms with E-state index in [9.17, 15) is 0 Å². The quantitative estimate of drug-likeness (QED) is 0.463. The number of azo groups is 1. The Morgan fingerprint density at radius 3 is 2.56 bits per heavy atom. The van der Waals surface area contributed by atoms with Crippen LogP contribution in [0, 0.1) is 0 Å². The van der Waals surface area contributed by atoms with Gasteiger partial charge in [-0.1, -0.05) is 0 Å². The summed E-state index contributed by atoms with van der Waals surface area (Å²) < 4.78 is 8.73. The first-order chi connectivity index (χ1) is 13.2. The van der Waals surface area contributed by atoms with Crippen LogP contribution < -0.4 is 14.2 Å². The lowest BCUT2D eigenvalue weighted by atomic mass is 10.2. The molecule has 3 rings (SSSR count). The maximum atomic E-state index is 9.14. The van der Waals surface area contributed by atoms with Gasteiger partial charge < -0.3 is 14.7 Å². The van der Waals surface area contributed by atoms with E-state index >= 15 is 0 Å². The van der Waals surface area contributed by atoms with E-state index in [0.29, 0.717) is 13.2 Å². The molecule has 1 N–H and O–H groups in total. The lowest BCUT2D eigenvalue weighted by Gasteiger charge is -2.21. The zero-order valence-electron chi connectivity index (χ0n) is 15.9. The lowest BCUT2D eigenvalue weighted by molar-refractivity contribution is -0.627. The van der Waals surface area contributed by atoms with Gasteiger partial charge in [-0.05, 0) is 66.7 Å². The van der Waals surface area contributed by atoms with Crippen LogP contribution in [0.3, 0.4) is 0 Å². The topological polar surface area (TPSA) is 61.3 Å². The third kappa shape index (κ3) is 4.43. The van der Waals surface area contributed by atoms with Crippen LogP contribution in [0.1, 0.15) is 13.8 Å². The third-order valence-electron chi connectivity index (χ3n) is 4.31. The highest BCUT2D eigenvalue weighted by atomic mass is 32.1. The van der Waals surface area contributed by atoms with Crippen molar-refractivity contribution in [2.75, 3.05) is 31.2 Å². The van der Waals surface area contributed by atoms with Gasteiger partial charge in [0.15, 0.2) is 0 Å². The number of ether oxygens (including phenoxy) is 1. The minimum Gasteiger partial charge on any atom is -0.494 e. The summed E-state index contributed by atoms with van der Waals surface area (Å²) in [5.41, 5.74) is 2.97. The zero-order valence-corrected chi connectivity index (χ0v) is 16.7. The predicted molar refractivity (Wildman–Crippen MR) is 110 cm³/mol. The van der Waals surface area contributed by atoms with Gasteiger partial charge in [-0.3, -0.25) is 0 Å². The van der Waals surface area contributed by atoms with Crippen LogP contribution in [0.4, 0.5) is 16.5 Å². The smallest absolute Gasteiger partial charge is 0.409 e. The fourth-order valence-corrected chi connectivity index (χ4v) is 3.89. The SMILES string of the molecule is CCOc1ccc2c(c1)sc(N=Nc1ccc(N(CC)CCO)cc1)[n+]2C. The maximum absolute atomic E-state index is 9.14. The molecule has 6 nitrogen and oxygen atoms in total. The highest BCUT2D eigenvalue weighted by Gasteiger charge is 2.16. The van der Waals surface area contributed by atoms with Crippen LogP contribution >= 0.6 is 11.3 Å². The van der Waals surface area contributed by atoms with Crippen molar-refractivity contribution in [2.24, 2.45) is 17.3 Å². The van der Waals surface area contributed by atoms with Crippen molar-refractivity contribution in [1.82, 2.24) is 0 Å². The largest absolute Gasteiger partial charge is 0.494 e. The molecule has 0 amide bonds. The Morgan fingerprint density at radius 1 is 1.11 bits per heavy atom. The summed E-state index contributed by atoms with van der Waals surface area (Å²) in [6.45, 7) is 6.32. The van der Waals surface area contributed by atoms with Crippen LogP contribution in [-0.2, 0) is 7.05 Å². The van der Waals surface area contributed by atoms with Crippen molar-refractivity contribution in [2.45, 2.75) is 13.8 Å². The van der Waals surface area contributed by atoms with Crippen molar-refractivity contribution in [3.05, 3.63) is 42.5 Å². The summed E-state index contributed by atoms with van der Waals surface area (Å²) in [4.78, 5) is 2.11. The highest BCUT2D eigenvalue weighted by Crippen LogP contribution is 2.30. The summed E-state index contributed by atoms with van der Waals surface area (Å²) >= 11 is 1.59. The summed E-state index contributed by atoms with van der Waals surface area (Å²) in [6.07, 6.45) is 0. The molecule has 1 aromatic heterocycles. The molecule has 1 heterocycles. The maximum Gasteiger partial charge on any atom is 0.409 e. The van der Waals surface area contributed by atoms with Crippen LogP contribution in [0.5, 0.6) is 5.75 Å². The molecular weight excluding hydrogens is 360 g/mol. The number of hydrogen-bond donors (Lipinski definition) is 1. The number of aryl methyl sites for hydroxylation is 1. The molecule has 7 heteroatoms. The number of aliphatic hydroxyl groups is 1. The molecule has 0 aliphatic heterocycles. The number of thiazole rings is 1. The van der Waals surface area contributed by atoms with Gasteiger partial charge in [0.1, 0.15) is 17.0 Å². The van der Waals surface area contributed by atoms with Crippen molar-refractivity contribution in [3.8, 4) is 5.75 Å². The van der Waals surface area contributed by atoms with Crippen LogP contribution in [0.2, 0.25) is 0 Å². The van der Waals surface area contributed by atoms with Crippen LogP contribution in [0.15, 0.2) is 52.7 Å². The van der Waals surface area contributed by atoms with E-state index in [1.165, 1.54) is 0 Å². The second kappa shape index (κ2) is 8.92. The molecule has 3 aromatic rings. The Kier molecular flexibility index (Phi) is 6.36. The molecule has 0 radical (unpaired) electrons. The van der Waals surface area contributed by atoms with Gasteiger partial charge in [0, 0.05) is 24.8 Å². The first kappa shape index (κ1) is 19.3. The van der Waals surface area contributed by atoms with Gasteiger partial charge in [0.05, 0.1) is 30.1 Å². The molecule has 27 heavy (non-hydrogen) atoms. The van der Waals surface area contributed by atoms with E-state index in [2.05, 4.69) is 22.1 Å². The number of nitrogens with zero attached hydrogens (tertiary/aromatic N) is 4. The zero-order chi connectivity index (χ0) is 19.2. The normalized spacial score (nSPS) is 11.4. The molecule has 0 spiro atoms. The van der Waals surface area contributed by atoms with E-state index < -0.39 is 0 Å². The summed E-state index contributed by atoms with van der Waals surface area (Å²) in [6, 6.07) is 14.0. The van der Waals surface area contributed by atoms with Crippen molar-refractivity contribution < 1.29 is 14.4 Å². The molecule has 0 saturated carbocycles. The van der Waals surface area contributed by atoms with Gasteiger partial charge in [0.25, 0.3) is 0 Å². The van der Waals surface area contributed by atoms with E-state index in [4.69, 9.17) is 9.84 Å². The van der Waals surface area contributed by atoms with Crippen molar-refractivity contribution in [1.29, 1.82) is 0 Å². The Labute approximate surface area is 163 Å². The fourth-order valence-electron chi connectivity index (χ4n) is 2.89. The van der Waals surface area contributed by atoms with Gasteiger partial charge in [-0.25, -0.2) is 4.57 Å². The molecule has 0 aliphatic carbocycles. The van der Waals surface area contributed by atoms with E-state index in [-0.39, 0.29) is 6.61 Å². The predicted octanol–water partition coefficient (Wildman–Crippen LogP) is 4.36.